The molecule has 3 nitrogen and oxygen atoms in total. The molecule has 1 unspecified atom stereocenters. The van der Waals surface area contributed by atoms with E-state index in [0.717, 1.165) is 30.2 Å². The highest BCUT2D eigenvalue weighted by Crippen LogP contribution is 2.39. The molecule has 0 spiro atoms. The van der Waals surface area contributed by atoms with Gasteiger partial charge in [0.2, 0.25) is 0 Å². The average Bonchev–Trinajstić information content (AvgIpc) is 2.55. The summed E-state index contributed by atoms with van der Waals surface area (Å²) in [6.07, 6.45) is 2.67. The van der Waals surface area contributed by atoms with Crippen molar-refractivity contribution < 1.29 is 4.74 Å². The number of nitrogens with one attached hydrogen (secondary N) is 1. The molecule has 0 saturated heterocycles. The van der Waals surface area contributed by atoms with Gasteiger partial charge in [0.15, 0.2) is 0 Å². The van der Waals surface area contributed by atoms with Crippen molar-refractivity contribution in [2.45, 2.75) is 12.3 Å². The van der Waals surface area contributed by atoms with Crippen LogP contribution in [-0.2, 0) is 6.42 Å². The van der Waals surface area contributed by atoms with Crippen LogP contribution in [0.5, 0.6) is 11.5 Å². The Balaban J connectivity index is 2.10. The van der Waals surface area contributed by atoms with Gasteiger partial charge in [-0.3, -0.25) is 4.98 Å². The fraction of sp³-hybridized carbons (Fsp3) is 0.267. The van der Waals surface area contributed by atoms with E-state index in [1.165, 1.54) is 5.56 Å². The lowest BCUT2D eigenvalue weighted by Gasteiger charge is -2.16. The van der Waals surface area contributed by atoms with Gasteiger partial charge in [-0.05, 0) is 36.9 Å². The van der Waals surface area contributed by atoms with Gasteiger partial charge in [0.25, 0.3) is 0 Å². The van der Waals surface area contributed by atoms with Crippen molar-refractivity contribution in [3.8, 4) is 11.5 Å². The smallest absolute Gasteiger partial charge is 0.148 e. The predicted molar refractivity (Wildman–Crippen MR) is 76.1 cm³/mol. The number of rotatable bonds is 2. The summed E-state index contributed by atoms with van der Waals surface area (Å²) in [4.78, 5) is 4.43. The standard InChI is InChI=1S/C15H15ClN2O/c1-17-9-10-7-13-14(3-2-6-18-13)19-15-8-11(16)4-5-12(10)15/h2-6,8,10,17H,7,9H2,1H3. The number of ether oxygens (including phenoxy) is 1. The molecule has 0 fully saturated rings. The third kappa shape index (κ3) is 2.44. The molecule has 98 valence electrons. The van der Waals surface area contributed by atoms with Crippen LogP contribution in [0.4, 0.5) is 0 Å². The number of nitrogens with zero attached hydrogens (tertiary/aromatic N) is 1. The molecular weight excluding hydrogens is 260 g/mol. The molecule has 0 amide bonds. The molecule has 1 aromatic heterocycles. The zero-order valence-electron chi connectivity index (χ0n) is 10.7. The molecular formula is C15H15ClN2O. The predicted octanol–water partition coefficient (Wildman–Crippen LogP) is 3.39. The van der Waals surface area contributed by atoms with Crippen molar-refractivity contribution in [3.05, 3.63) is 52.8 Å². The summed E-state index contributed by atoms with van der Waals surface area (Å²) < 4.78 is 5.99. The summed E-state index contributed by atoms with van der Waals surface area (Å²) in [5.74, 6) is 2.00. The Bertz CT molecular complexity index is 600. The number of aromatic nitrogens is 1. The molecule has 19 heavy (non-hydrogen) atoms. The van der Waals surface area contributed by atoms with Gasteiger partial charge in [-0.15, -0.1) is 0 Å². The minimum Gasteiger partial charge on any atom is -0.455 e. The number of hydrogen-bond donors (Lipinski definition) is 1. The van der Waals surface area contributed by atoms with E-state index < -0.39 is 0 Å². The average molecular weight is 275 g/mol. The zero-order valence-corrected chi connectivity index (χ0v) is 11.4. The first-order chi connectivity index (χ1) is 9.28. The third-order valence-corrected chi connectivity index (χ3v) is 3.61. The number of fused-ring (bicyclic) bond motifs is 2. The van der Waals surface area contributed by atoms with Crippen LogP contribution in [0.3, 0.4) is 0 Å². The molecule has 1 aliphatic heterocycles. The molecule has 2 heterocycles. The highest BCUT2D eigenvalue weighted by molar-refractivity contribution is 6.30. The van der Waals surface area contributed by atoms with Gasteiger partial charge in [0, 0.05) is 30.1 Å². The molecule has 2 aromatic rings. The fourth-order valence-corrected chi connectivity index (χ4v) is 2.66. The first kappa shape index (κ1) is 12.5. The third-order valence-electron chi connectivity index (χ3n) is 3.37. The van der Waals surface area contributed by atoms with Gasteiger partial charge in [-0.1, -0.05) is 17.7 Å². The Kier molecular flexibility index (Phi) is 3.40. The van der Waals surface area contributed by atoms with Gasteiger partial charge in [-0.2, -0.15) is 0 Å². The van der Waals surface area contributed by atoms with Gasteiger partial charge in [0.05, 0.1) is 5.69 Å². The van der Waals surface area contributed by atoms with Crippen LogP contribution in [0, 0.1) is 0 Å². The van der Waals surface area contributed by atoms with E-state index in [4.69, 9.17) is 16.3 Å². The van der Waals surface area contributed by atoms with Crippen molar-refractivity contribution in [3.63, 3.8) is 0 Å². The number of likely N-dealkylation sites (N-methyl/N-ethyl adjacent to an activating group) is 1. The maximum atomic E-state index is 6.07. The topological polar surface area (TPSA) is 34.2 Å². The summed E-state index contributed by atoms with van der Waals surface area (Å²) in [6.45, 7) is 0.883. The lowest BCUT2D eigenvalue weighted by atomic mass is 9.94. The molecule has 3 rings (SSSR count). The SMILES string of the molecule is CNCC1Cc2ncccc2Oc2cc(Cl)ccc21. The van der Waals surface area contributed by atoms with E-state index in [1.54, 1.807) is 0 Å². The summed E-state index contributed by atoms with van der Waals surface area (Å²) >= 11 is 6.07. The van der Waals surface area contributed by atoms with Crippen LogP contribution >= 0.6 is 11.6 Å². The second kappa shape index (κ2) is 5.19. The summed E-state index contributed by atoms with van der Waals surface area (Å²) in [7, 11) is 1.96. The molecule has 0 radical (unpaired) electrons. The normalized spacial score (nSPS) is 17.1. The first-order valence-electron chi connectivity index (χ1n) is 6.33. The van der Waals surface area contributed by atoms with E-state index in [2.05, 4.69) is 10.3 Å². The molecule has 1 aromatic carbocycles. The molecule has 0 aliphatic carbocycles. The molecule has 1 atom stereocenters. The lowest BCUT2D eigenvalue weighted by molar-refractivity contribution is 0.475. The van der Waals surface area contributed by atoms with Crippen LogP contribution in [0.1, 0.15) is 17.2 Å². The number of hydrogen-bond acceptors (Lipinski definition) is 3. The monoisotopic (exact) mass is 274 g/mol. The zero-order chi connectivity index (χ0) is 13.2. The fourth-order valence-electron chi connectivity index (χ4n) is 2.49. The van der Waals surface area contributed by atoms with Crippen LogP contribution in [0.15, 0.2) is 36.5 Å². The van der Waals surface area contributed by atoms with Crippen LogP contribution < -0.4 is 10.1 Å². The van der Waals surface area contributed by atoms with Crippen molar-refractivity contribution in [2.24, 2.45) is 0 Å². The lowest BCUT2D eigenvalue weighted by Crippen LogP contribution is -2.19. The number of pyridine rings is 1. The van der Waals surface area contributed by atoms with Crippen molar-refractivity contribution in [2.75, 3.05) is 13.6 Å². The van der Waals surface area contributed by atoms with Crippen molar-refractivity contribution in [1.29, 1.82) is 0 Å². The van der Waals surface area contributed by atoms with Gasteiger partial charge in [0.1, 0.15) is 11.5 Å². The van der Waals surface area contributed by atoms with Gasteiger partial charge in [-0.25, -0.2) is 0 Å². The highest BCUT2D eigenvalue weighted by Gasteiger charge is 2.23. The second-order valence-electron chi connectivity index (χ2n) is 4.69. The van der Waals surface area contributed by atoms with E-state index in [-0.39, 0.29) is 0 Å². The molecule has 0 bridgehead atoms. The minimum absolute atomic E-state index is 0.341. The first-order valence-corrected chi connectivity index (χ1v) is 6.71. The number of benzene rings is 1. The Labute approximate surface area is 117 Å². The maximum absolute atomic E-state index is 6.07. The van der Waals surface area contributed by atoms with E-state index in [9.17, 15) is 0 Å². The summed E-state index contributed by atoms with van der Waals surface area (Å²) in [5, 5.41) is 3.92. The van der Waals surface area contributed by atoms with E-state index in [1.807, 2.05) is 43.6 Å². The molecule has 1 N–H and O–H groups in total. The van der Waals surface area contributed by atoms with E-state index in [0.29, 0.717) is 10.9 Å². The Morgan fingerprint density at radius 3 is 3.11 bits per heavy atom. The number of halogens is 1. The molecule has 4 heteroatoms. The van der Waals surface area contributed by atoms with Crippen molar-refractivity contribution >= 4 is 11.6 Å². The molecule has 1 aliphatic rings. The largest absolute Gasteiger partial charge is 0.455 e. The van der Waals surface area contributed by atoms with Crippen molar-refractivity contribution in [1.82, 2.24) is 10.3 Å². The van der Waals surface area contributed by atoms with Crippen LogP contribution in [0.2, 0.25) is 5.02 Å². The summed E-state index contributed by atoms with van der Waals surface area (Å²) in [6, 6.07) is 9.68. The van der Waals surface area contributed by atoms with Crippen LogP contribution in [-0.4, -0.2) is 18.6 Å². The maximum Gasteiger partial charge on any atom is 0.148 e. The quantitative estimate of drug-likeness (QED) is 0.911. The second-order valence-corrected chi connectivity index (χ2v) is 5.13. The Morgan fingerprint density at radius 2 is 2.26 bits per heavy atom. The highest BCUT2D eigenvalue weighted by atomic mass is 35.5. The van der Waals surface area contributed by atoms with Gasteiger partial charge >= 0.3 is 0 Å². The van der Waals surface area contributed by atoms with E-state index >= 15 is 0 Å². The Hall–Kier alpha value is -1.58. The Morgan fingerprint density at radius 1 is 1.37 bits per heavy atom. The van der Waals surface area contributed by atoms with Crippen LogP contribution in [0.25, 0.3) is 0 Å². The van der Waals surface area contributed by atoms with Gasteiger partial charge < -0.3 is 10.1 Å². The summed E-state index contributed by atoms with van der Waals surface area (Å²) in [5.41, 5.74) is 2.17. The minimum atomic E-state index is 0.341. The molecule has 0 saturated carbocycles.